The lowest BCUT2D eigenvalue weighted by Crippen LogP contribution is -2.14. The number of carbonyl (C=O) groups is 1. The van der Waals surface area contributed by atoms with Crippen LogP contribution in [0.4, 0.5) is 5.95 Å². The zero-order valence-electron chi connectivity index (χ0n) is 10.8. The molecule has 0 radical (unpaired) electrons. The number of nitrogens with one attached hydrogen (secondary N) is 1. The molecular weight excluding hydrogens is 284 g/mol. The van der Waals surface area contributed by atoms with Gasteiger partial charge in [-0.25, -0.2) is 4.68 Å². The van der Waals surface area contributed by atoms with Gasteiger partial charge < -0.3 is 10.1 Å². The number of rotatable bonds is 6. The minimum Gasteiger partial charge on any atom is -0.466 e. The minimum absolute atomic E-state index is 0.0455. The summed E-state index contributed by atoms with van der Waals surface area (Å²) in [4.78, 5) is 23.2. The molecule has 0 saturated carbocycles. The average Bonchev–Trinajstić information content (AvgIpc) is 2.92. The Morgan fingerprint density at radius 3 is 3.00 bits per heavy atom. The Balaban J connectivity index is 2.00. The zero-order valence-corrected chi connectivity index (χ0v) is 11.5. The zero-order chi connectivity index (χ0) is 14.4. The van der Waals surface area contributed by atoms with Crippen molar-refractivity contribution in [2.75, 3.05) is 18.5 Å². The lowest BCUT2D eigenvalue weighted by molar-refractivity contribution is -0.142. The van der Waals surface area contributed by atoms with Crippen LogP contribution in [0.2, 0.25) is 5.28 Å². The van der Waals surface area contributed by atoms with E-state index < -0.39 is 0 Å². The van der Waals surface area contributed by atoms with Gasteiger partial charge in [0.1, 0.15) is 0 Å². The van der Waals surface area contributed by atoms with Crippen LogP contribution >= 0.6 is 11.6 Å². The molecule has 2 rings (SSSR count). The van der Waals surface area contributed by atoms with Crippen LogP contribution in [-0.2, 0) is 9.53 Å². The van der Waals surface area contributed by atoms with Crippen molar-refractivity contribution in [3.63, 3.8) is 0 Å². The molecule has 2 heterocycles. The summed E-state index contributed by atoms with van der Waals surface area (Å²) in [6.07, 6.45) is 3.51. The fourth-order valence-corrected chi connectivity index (χ4v) is 1.57. The molecule has 0 fully saturated rings. The highest BCUT2D eigenvalue weighted by Crippen LogP contribution is 2.08. The Kier molecular flexibility index (Phi) is 4.83. The number of esters is 1. The molecule has 0 saturated heterocycles. The van der Waals surface area contributed by atoms with Gasteiger partial charge >= 0.3 is 5.97 Å². The number of aromatic nitrogens is 5. The van der Waals surface area contributed by atoms with Crippen molar-refractivity contribution in [2.45, 2.75) is 13.3 Å². The molecule has 0 aliphatic carbocycles. The Labute approximate surface area is 120 Å². The second kappa shape index (κ2) is 6.80. The summed E-state index contributed by atoms with van der Waals surface area (Å²) in [6, 6.07) is 1.74. The van der Waals surface area contributed by atoms with Crippen LogP contribution in [0.5, 0.6) is 0 Å². The first-order chi connectivity index (χ1) is 9.69. The molecule has 20 heavy (non-hydrogen) atoms. The first-order valence-corrected chi connectivity index (χ1v) is 6.38. The highest BCUT2D eigenvalue weighted by Gasteiger charge is 2.08. The number of anilines is 1. The van der Waals surface area contributed by atoms with Crippen LogP contribution in [0.15, 0.2) is 18.5 Å². The quantitative estimate of drug-likeness (QED) is 0.797. The normalized spacial score (nSPS) is 10.3. The van der Waals surface area contributed by atoms with Crippen molar-refractivity contribution in [2.24, 2.45) is 0 Å². The van der Waals surface area contributed by atoms with Crippen molar-refractivity contribution in [3.8, 4) is 5.95 Å². The summed E-state index contributed by atoms with van der Waals surface area (Å²) in [5.74, 6) is 0.292. The highest BCUT2D eigenvalue weighted by atomic mass is 35.5. The molecule has 0 aromatic carbocycles. The molecule has 2 aromatic heterocycles. The van der Waals surface area contributed by atoms with Crippen LogP contribution < -0.4 is 5.32 Å². The molecule has 0 aliphatic heterocycles. The van der Waals surface area contributed by atoms with Crippen molar-refractivity contribution >= 4 is 23.5 Å². The molecule has 106 valence electrons. The van der Waals surface area contributed by atoms with Crippen LogP contribution in [0, 0.1) is 0 Å². The standard InChI is InChI=1S/C11H13ClN6O2/c1-2-20-8(19)4-6-13-10-15-9(12)16-11(17-10)18-7-3-5-14-18/h3,5,7H,2,4,6H2,1H3,(H,13,15,16,17). The summed E-state index contributed by atoms with van der Waals surface area (Å²) in [5.41, 5.74) is 0. The van der Waals surface area contributed by atoms with Gasteiger partial charge in [-0.15, -0.1) is 0 Å². The number of ether oxygens (including phenoxy) is 1. The number of carbonyl (C=O) groups excluding carboxylic acids is 1. The van der Waals surface area contributed by atoms with E-state index in [2.05, 4.69) is 25.4 Å². The Bertz CT molecular complexity index is 574. The maximum absolute atomic E-state index is 11.2. The van der Waals surface area contributed by atoms with Gasteiger partial charge in [0.2, 0.25) is 11.2 Å². The Morgan fingerprint density at radius 1 is 1.45 bits per heavy atom. The fraction of sp³-hybridized carbons (Fsp3) is 0.364. The molecule has 0 spiro atoms. The third-order valence-electron chi connectivity index (χ3n) is 2.22. The van der Waals surface area contributed by atoms with Gasteiger partial charge in [0, 0.05) is 18.9 Å². The van der Waals surface area contributed by atoms with E-state index in [4.69, 9.17) is 16.3 Å². The Hall–Kier alpha value is -2.22. The molecule has 0 amide bonds. The Morgan fingerprint density at radius 2 is 2.30 bits per heavy atom. The number of hydrogen-bond donors (Lipinski definition) is 1. The summed E-state index contributed by atoms with van der Waals surface area (Å²) in [5, 5.41) is 6.94. The smallest absolute Gasteiger partial charge is 0.307 e. The van der Waals surface area contributed by atoms with Gasteiger partial charge in [-0.3, -0.25) is 4.79 Å². The van der Waals surface area contributed by atoms with Gasteiger partial charge in [-0.1, -0.05) is 0 Å². The fourth-order valence-electron chi connectivity index (χ4n) is 1.42. The van der Waals surface area contributed by atoms with E-state index in [1.165, 1.54) is 4.68 Å². The predicted octanol–water partition coefficient (Wildman–Crippen LogP) is 1.08. The van der Waals surface area contributed by atoms with Crippen LogP contribution in [0.3, 0.4) is 0 Å². The molecule has 9 heteroatoms. The van der Waals surface area contributed by atoms with Crippen molar-refractivity contribution < 1.29 is 9.53 Å². The topological polar surface area (TPSA) is 94.8 Å². The van der Waals surface area contributed by atoms with Gasteiger partial charge in [0.25, 0.3) is 5.95 Å². The van der Waals surface area contributed by atoms with E-state index in [0.717, 1.165) is 0 Å². The predicted molar refractivity (Wildman–Crippen MR) is 71.7 cm³/mol. The van der Waals surface area contributed by atoms with E-state index in [9.17, 15) is 4.79 Å². The number of halogens is 1. The second-order valence-electron chi connectivity index (χ2n) is 3.66. The van der Waals surface area contributed by atoms with Crippen LogP contribution in [0.1, 0.15) is 13.3 Å². The van der Waals surface area contributed by atoms with Crippen LogP contribution in [0.25, 0.3) is 5.95 Å². The highest BCUT2D eigenvalue weighted by molar-refractivity contribution is 6.28. The maximum atomic E-state index is 11.2. The average molecular weight is 297 g/mol. The number of nitrogens with zero attached hydrogens (tertiary/aromatic N) is 5. The lowest BCUT2D eigenvalue weighted by Gasteiger charge is -2.06. The monoisotopic (exact) mass is 296 g/mol. The van der Waals surface area contributed by atoms with E-state index in [-0.39, 0.29) is 23.6 Å². The second-order valence-corrected chi connectivity index (χ2v) is 4.00. The molecule has 0 aliphatic rings. The lowest BCUT2D eigenvalue weighted by atomic mass is 10.4. The summed E-state index contributed by atoms with van der Waals surface area (Å²) in [6.45, 7) is 2.46. The van der Waals surface area contributed by atoms with Crippen LogP contribution in [-0.4, -0.2) is 43.9 Å². The molecule has 1 N–H and O–H groups in total. The van der Waals surface area contributed by atoms with E-state index >= 15 is 0 Å². The molecule has 0 atom stereocenters. The summed E-state index contributed by atoms with van der Waals surface area (Å²) >= 11 is 5.82. The third-order valence-corrected chi connectivity index (χ3v) is 2.39. The summed E-state index contributed by atoms with van der Waals surface area (Å²) < 4.78 is 6.28. The van der Waals surface area contributed by atoms with E-state index in [1.54, 1.807) is 25.4 Å². The first-order valence-electron chi connectivity index (χ1n) is 6.00. The van der Waals surface area contributed by atoms with Crippen molar-refractivity contribution in [3.05, 3.63) is 23.7 Å². The van der Waals surface area contributed by atoms with Gasteiger partial charge in [0.05, 0.1) is 13.0 Å². The molecule has 8 nitrogen and oxygen atoms in total. The van der Waals surface area contributed by atoms with E-state index in [0.29, 0.717) is 19.1 Å². The largest absolute Gasteiger partial charge is 0.466 e. The molecular formula is C11H13ClN6O2. The minimum atomic E-state index is -0.285. The maximum Gasteiger partial charge on any atom is 0.307 e. The number of hydrogen-bond acceptors (Lipinski definition) is 7. The first kappa shape index (κ1) is 14.2. The van der Waals surface area contributed by atoms with Gasteiger partial charge in [-0.2, -0.15) is 20.1 Å². The van der Waals surface area contributed by atoms with Gasteiger partial charge in [-0.05, 0) is 24.6 Å². The van der Waals surface area contributed by atoms with Crippen molar-refractivity contribution in [1.29, 1.82) is 0 Å². The third kappa shape index (κ3) is 3.89. The van der Waals surface area contributed by atoms with E-state index in [1.807, 2.05) is 0 Å². The van der Waals surface area contributed by atoms with Gasteiger partial charge in [0.15, 0.2) is 0 Å². The molecule has 2 aromatic rings. The SMILES string of the molecule is CCOC(=O)CCNc1nc(Cl)nc(-n2cccn2)n1. The summed E-state index contributed by atoms with van der Waals surface area (Å²) in [7, 11) is 0. The molecule has 0 bridgehead atoms. The molecule has 0 unspecified atom stereocenters. The van der Waals surface area contributed by atoms with Crippen molar-refractivity contribution in [1.82, 2.24) is 24.7 Å².